The van der Waals surface area contributed by atoms with Crippen LogP contribution in [0, 0.1) is 23.7 Å². The number of nitrogens with one attached hydrogen (secondary N) is 4. The molecule has 4 N–H and O–H groups in total. The molecule has 0 spiro atoms. The third kappa shape index (κ3) is 5.73. The van der Waals surface area contributed by atoms with E-state index in [-0.39, 0.29) is 35.5 Å². The van der Waals surface area contributed by atoms with E-state index in [1.807, 2.05) is 13.8 Å². The lowest BCUT2D eigenvalue weighted by molar-refractivity contribution is -0.348. The second-order valence-corrected chi connectivity index (χ2v) is 10.9. The van der Waals surface area contributed by atoms with Gasteiger partial charge in [0.1, 0.15) is 11.4 Å². The highest BCUT2D eigenvalue weighted by Crippen LogP contribution is 2.57. The Morgan fingerprint density at radius 3 is 1.36 bits per heavy atom. The number of hydrogen-bond acceptors (Lipinski definition) is 6. The first kappa shape index (κ1) is 28.9. The van der Waals surface area contributed by atoms with E-state index in [0.717, 1.165) is 8.95 Å². The molecule has 200 valence electrons. The lowest BCUT2D eigenvalue weighted by atomic mass is 9.51. The minimum atomic E-state index is -0.987. The second kappa shape index (κ2) is 11.8. The topological polar surface area (TPSA) is 127 Å². The largest absolute Gasteiger partial charge is 0.356 e. The maximum absolute atomic E-state index is 12.8. The second-order valence-electron chi connectivity index (χ2n) is 9.11. The molecule has 0 saturated heterocycles. The van der Waals surface area contributed by atoms with Crippen LogP contribution < -0.4 is 10.6 Å². The Hall–Kier alpha value is -1.70. The van der Waals surface area contributed by atoms with Crippen LogP contribution in [-0.2, 0) is 18.9 Å². The molecule has 1 fully saturated rings. The first-order valence-corrected chi connectivity index (χ1v) is 13.1. The van der Waals surface area contributed by atoms with E-state index in [9.17, 15) is 9.59 Å². The smallest absolute Gasteiger partial charge is 0.267 e. The van der Waals surface area contributed by atoms with Gasteiger partial charge in [0.2, 0.25) is 0 Å². The van der Waals surface area contributed by atoms with Gasteiger partial charge < -0.3 is 39.5 Å². The number of H-pyrrole nitrogens is 2. The zero-order chi connectivity index (χ0) is 26.7. The Bertz CT molecular complexity index is 967. The van der Waals surface area contributed by atoms with Crippen LogP contribution in [0.15, 0.2) is 33.5 Å². The summed E-state index contributed by atoms with van der Waals surface area (Å²) in [5, 5.41) is 6.03. The molecule has 1 aliphatic rings. The molecule has 3 rings (SSSR count). The normalized spacial score (nSPS) is 22.2. The van der Waals surface area contributed by atoms with Crippen LogP contribution in [-0.4, -0.2) is 74.9 Å². The number of halogens is 2. The summed E-state index contributed by atoms with van der Waals surface area (Å²) in [5.74, 6) is -3.15. The van der Waals surface area contributed by atoms with E-state index >= 15 is 0 Å². The van der Waals surface area contributed by atoms with Crippen molar-refractivity contribution >= 4 is 43.7 Å². The number of rotatable bonds is 12. The SMILES string of the molecule is COC(C)(OC)[C@H]1[C@H](CNC(=O)c2cc(Br)c[nH]2)[C@@H](CNC(=O)c2cc(Br)c[nH]2)[C@@H]1C(C)(OC)OC. The molecule has 4 atom stereocenters. The van der Waals surface area contributed by atoms with Crippen LogP contribution in [0.3, 0.4) is 0 Å². The van der Waals surface area contributed by atoms with E-state index in [2.05, 4.69) is 52.5 Å². The lowest BCUT2D eigenvalue weighted by Gasteiger charge is -2.61. The van der Waals surface area contributed by atoms with Crippen molar-refractivity contribution in [2.45, 2.75) is 25.4 Å². The summed E-state index contributed by atoms with van der Waals surface area (Å²) in [6.45, 7) is 4.38. The molecule has 1 saturated carbocycles. The molecule has 10 nitrogen and oxygen atoms in total. The number of methoxy groups -OCH3 is 4. The van der Waals surface area contributed by atoms with Gasteiger partial charge in [0.15, 0.2) is 11.6 Å². The number of carbonyl (C=O) groups is 2. The van der Waals surface area contributed by atoms with Crippen molar-refractivity contribution in [1.82, 2.24) is 20.6 Å². The van der Waals surface area contributed by atoms with E-state index in [4.69, 9.17) is 18.9 Å². The summed E-state index contributed by atoms with van der Waals surface area (Å²) >= 11 is 6.70. The molecular weight excluding hydrogens is 600 g/mol. The Morgan fingerprint density at radius 1 is 0.778 bits per heavy atom. The van der Waals surface area contributed by atoms with E-state index in [1.54, 1.807) is 53.0 Å². The van der Waals surface area contributed by atoms with Crippen LogP contribution in [0.5, 0.6) is 0 Å². The van der Waals surface area contributed by atoms with Crippen molar-refractivity contribution < 1.29 is 28.5 Å². The third-order valence-electron chi connectivity index (χ3n) is 7.47. The minimum absolute atomic E-state index is 0.123. The van der Waals surface area contributed by atoms with Crippen LogP contribution in [0.1, 0.15) is 34.8 Å². The van der Waals surface area contributed by atoms with Crippen molar-refractivity contribution in [3.05, 3.63) is 44.9 Å². The third-order valence-corrected chi connectivity index (χ3v) is 8.39. The molecule has 1 aliphatic carbocycles. The van der Waals surface area contributed by atoms with Gasteiger partial charge in [0.05, 0.1) is 0 Å². The van der Waals surface area contributed by atoms with Gasteiger partial charge in [-0.2, -0.15) is 0 Å². The molecule has 0 aromatic carbocycles. The maximum Gasteiger partial charge on any atom is 0.267 e. The van der Waals surface area contributed by atoms with Crippen LogP contribution in [0.2, 0.25) is 0 Å². The Labute approximate surface area is 227 Å². The number of hydrogen-bond donors (Lipinski definition) is 4. The summed E-state index contributed by atoms with van der Waals surface area (Å²) in [6, 6.07) is 3.42. The monoisotopic (exact) mass is 632 g/mol. The van der Waals surface area contributed by atoms with Crippen molar-refractivity contribution in [3.63, 3.8) is 0 Å². The average molecular weight is 634 g/mol. The summed E-state index contributed by atoms with van der Waals surface area (Å²) in [6.07, 6.45) is 3.40. The summed E-state index contributed by atoms with van der Waals surface area (Å²) < 4.78 is 24.9. The van der Waals surface area contributed by atoms with Crippen molar-refractivity contribution in [1.29, 1.82) is 0 Å². The van der Waals surface area contributed by atoms with Gasteiger partial charge in [0.25, 0.3) is 11.8 Å². The molecule has 2 aromatic rings. The van der Waals surface area contributed by atoms with Crippen molar-refractivity contribution in [3.8, 4) is 0 Å². The van der Waals surface area contributed by atoms with Gasteiger partial charge in [-0.05, 0) is 69.7 Å². The van der Waals surface area contributed by atoms with Gasteiger partial charge in [-0.15, -0.1) is 0 Å². The van der Waals surface area contributed by atoms with Gasteiger partial charge in [-0.1, -0.05) is 0 Å². The molecule has 0 unspecified atom stereocenters. The van der Waals surface area contributed by atoms with Gasteiger partial charge in [-0.3, -0.25) is 9.59 Å². The highest BCUT2D eigenvalue weighted by Gasteiger charge is 2.64. The molecule has 2 heterocycles. The minimum Gasteiger partial charge on any atom is -0.356 e. The molecule has 0 radical (unpaired) electrons. The quantitative estimate of drug-likeness (QED) is 0.265. The van der Waals surface area contributed by atoms with E-state index in [1.165, 1.54) is 0 Å². The molecular formula is C24H34Br2N4O6. The van der Waals surface area contributed by atoms with Crippen LogP contribution in [0.25, 0.3) is 0 Å². The number of carbonyl (C=O) groups excluding carboxylic acids is 2. The van der Waals surface area contributed by atoms with Crippen LogP contribution >= 0.6 is 31.9 Å². The van der Waals surface area contributed by atoms with Crippen molar-refractivity contribution in [2.24, 2.45) is 23.7 Å². The molecule has 0 aliphatic heterocycles. The fraction of sp³-hybridized carbons (Fsp3) is 0.583. The molecule has 12 heteroatoms. The fourth-order valence-electron chi connectivity index (χ4n) is 5.23. The molecule has 2 amide bonds. The Morgan fingerprint density at radius 2 is 1.11 bits per heavy atom. The highest BCUT2D eigenvalue weighted by atomic mass is 79.9. The predicted octanol–water partition coefficient (Wildman–Crippen LogP) is 3.52. The zero-order valence-electron chi connectivity index (χ0n) is 21.2. The summed E-state index contributed by atoms with van der Waals surface area (Å²) in [4.78, 5) is 31.5. The lowest BCUT2D eigenvalue weighted by Crippen LogP contribution is -2.69. The van der Waals surface area contributed by atoms with E-state index in [0.29, 0.717) is 24.5 Å². The fourth-order valence-corrected chi connectivity index (χ4v) is 5.91. The molecule has 0 bridgehead atoms. The number of aromatic amines is 2. The zero-order valence-corrected chi connectivity index (χ0v) is 24.4. The maximum atomic E-state index is 12.8. The standard InChI is InChI=1S/C24H34Br2N4O6/c1-23(33-3,34-4)19-15(11-29-21(31)17-7-13(25)9-27-17)16(20(19)24(2,35-5)36-6)12-30-22(32)18-8-14(26)10-28-18/h7-10,15-16,19-20,27-28H,11-12H2,1-6H3,(H,29,31)(H,30,32)/t15-,16-,19+,20+/m1/s1. The first-order valence-electron chi connectivity index (χ1n) is 11.5. The Balaban J connectivity index is 1.88. The van der Waals surface area contributed by atoms with Gasteiger partial charge in [-0.25, -0.2) is 0 Å². The van der Waals surface area contributed by atoms with Crippen LogP contribution in [0.4, 0.5) is 0 Å². The number of ether oxygens (including phenoxy) is 4. The number of aromatic nitrogens is 2. The summed E-state index contributed by atoms with van der Waals surface area (Å²) in [5.41, 5.74) is 0.882. The van der Waals surface area contributed by atoms with Crippen molar-refractivity contribution in [2.75, 3.05) is 41.5 Å². The van der Waals surface area contributed by atoms with Gasteiger partial charge in [0, 0.05) is 74.7 Å². The van der Waals surface area contributed by atoms with E-state index < -0.39 is 11.6 Å². The summed E-state index contributed by atoms with van der Waals surface area (Å²) in [7, 11) is 6.34. The first-order chi connectivity index (χ1) is 17.0. The molecule has 36 heavy (non-hydrogen) atoms. The van der Waals surface area contributed by atoms with Gasteiger partial charge >= 0.3 is 0 Å². The number of amides is 2. The highest BCUT2D eigenvalue weighted by molar-refractivity contribution is 9.10. The molecule has 2 aromatic heterocycles. The predicted molar refractivity (Wildman–Crippen MR) is 140 cm³/mol. The Kier molecular flexibility index (Phi) is 9.45. The average Bonchev–Trinajstić information content (AvgIpc) is 3.50.